The number of benzene rings is 2. The van der Waals surface area contributed by atoms with Crippen molar-refractivity contribution < 1.29 is 27.5 Å². The molecule has 0 bridgehead atoms. The summed E-state index contributed by atoms with van der Waals surface area (Å²) in [5.74, 6) is -1.16. The van der Waals surface area contributed by atoms with Gasteiger partial charge >= 0.3 is 12.1 Å². The van der Waals surface area contributed by atoms with Crippen molar-refractivity contribution in [2.24, 2.45) is 0 Å². The van der Waals surface area contributed by atoms with Crippen LogP contribution >= 0.6 is 12.4 Å². The SMILES string of the molecule is CC(C)(OC(=O)[C@@H]1CCCN1)C1C[C@@H](c2ccc3cc(-c4ccccc4C(F)(F)F)[nH]c(=O)c3c2)C(=O)N1.Cl. The molecule has 0 radical (unpaired) electrons. The van der Waals surface area contributed by atoms with E-state index < -0.39 is 34.9 Å². The number of alkyl halides is 3. The average molecular weight is 564 g/mol. The average Bonchev–Trinajstić information content (AvgIpc) is 3.54. The Balaban J connectivity index is 0.00000353. The van der Waals surface area contributed by atoms with E-state index in [0.29, 0.717) is 23.8 Å². The molecule has 2 saturated heterocycles. The number of rotatable bonds is 5. The number of amides is 1. The van der Waals surface area contributed by atoms with Crippen LogP contribution in [0.1, 0.15) is 50.2 Å². The molecule has 2 aliphatic heterocycles. The van der Waals surface area contributed by atoms with Crippen LogP contribution in [0.4, 0.5) is 13.2 Å². The van der Waals surface area contributed by atoms with Gasteiger partial charge in [0.2, 0.25) is 5.91 Å². The monoisotopic (exact) mass is 563 g/mol. The van der Waals surface area contributed by atoms with Gasteiger partial charge in [-0.3, -0.25) is 14.4 Å². The molecule has 1 unspecified atom stereocenters. The van der Waals surface area contributed by atoms with Crippen LogP contribution in [0, 0.1) is 0 Å². The molecule has 2 fully saturated rings. The molecule has 0 aliphatic carbocycles. The summed E-state index contributed by atoms with van der Waals surface area (Å²) in [5, 5.41) is 6.76. The maximum atomic E-state index is 13.5. The molecular formula is C28H29ClF3N3O4. The molecular weight excluding hydrogens is 535 g/mol. The van der Waals surface area contributed by atoms with Crippen molar-refractivity contribution in [3.05, 3.63) is 70.0 Å². The Morgan fingerprint density at radius 2 is 1.79 bits per heavy atom. The second-order valence-electron chi connectivity index (χ2n) is 10.4. The predicted octanol–water partition coefficient (Wildman–Crippen LogP) is 4.68. The summed E-state index contributed by atoms with van der Waals surface area (Å²) in [6.07, 6.45) is -2.60. The van der Waals surface area contributed by atoms with E-state index in [1.54, 1.807) is 32.0 Å². The molecule has 3 aromatic rings. The van der Waals surface area contributed by atoms with Crippen LogP contribution in [-0.4, -0.2) is 41.1 Å². The number of hydrogen-bond donors (Lipinski definition) is 3. The predicted molar refractivity (Wildman–Crippen MR) is 143 cm³/mol. The summed E-state index contributed by atoms with van der Waals surface area (Å²) in [6, 6.07) is 10.7. The number of aromatic amines is 1. The lowest BCUT2D eigenvalue weighted by molar-refractivity contribution is -0.161. The standard InChI is InChI=1S/C28H28F3N3O4.ClH/c1-27(2,38-26(37)21-8-5-11-32-21)23-14-19(25(36)34-23)15-9-10-16-13-22(33-24(35)18(16)12-15)17-6-3-4-7-20(17)28(29,30)31;/h3-4,6-7,9-10,12-13,19,21,23,32H,5,8,11,14H2,1-2H3,(H,33,35)(H,34,36);1H/t19-,21-,23?;/m0./s1. The van der Waals surface area contributed by atoms with Crippen LogP contribution < -0.4 is 16.2 Å². The molecule has 3 heterocycles. The fourth-order valence-corrected chi connectivity index (χ4v) is 5.31. The first-order valence-electron chi connectivity index (χ1n) is 12.5. The number of esters is 1. The van der Waals surface area contributed by atoms with Crippen molar-refractivity contribution in [2.45, 2.75) is 62.9 Å². The summed E-state index contributed by atoms with van der Waals surface area (Å²) in [6.45, 7) is 4.29. The Kier molecular flexibility index (Phi) is 7.82. The van der Waals surface area contributed by atoms with E-state index >= 15 is 0 Å². The van der Waals surface area contributed by atoms with Gasteiger partial charge < -0.3 is 20.4 Å². The van der Waals surface area contributed by atoms with Gasteiger partial charge in [-0.15, -0.1) is 12.4 Å². The summed E-state index contributed by atoms with van der Waals surface area (Å²) in [5.41, 5.74) is -1.79. The summed E-state index contributed by atoms with van der Waals surface area (Å²) >= 11 is 0. The molecule has 11 heteroatoms. The third-order valence-electron chi connectivity index (χ3n) is 7.45. The van der Waals surface area contributed by atoms with Crippen LogP contribution in [0.2, 0.25) is 0 Å². The lowest BCUT2D eigenvalue weighted by atomic mass is 9.89. The number of pyridine rings is 1. The van der Waals surface area contributed by atoms with Gasteiger partial charge in [0.05, 0.1) is 17.5 Å². The van der Waals surface area contributed by atoms with Gasteiger partial charge in [-0.25, -0.2) is 0 Å². The maximum absolute atomic E-state index is 13.5. The zero-order chi connectivity index (χ0) is 27.2. The van der Waals surface area contributed by atoms with Crippen molar-refractivity contribution >= 4 is 35.1 Å². The van der Waals surface area contributed by atoms with Crippen LogP contribution in [0.15, 0.2) is 53.3 Å². The van der Waals surface area contributed by atoms with Crippen molar-refractivity contribution in [2.75, 3.05) is 6.54 Å². The number of fused-ring (bicyclic) bond motifs is 1. The quantitative estimate of drug-likeness (QED) is 0.391. The van der Waals surface area contributed by atoms with Crippen molar-refractivity contribution in [3.8, 4) is 11.3 Å². The van der Waals surface area contributed by atoms with Crippen molar-refractivity contribution in [3.63, 3.8) is 0 Å². The molecule has 2 aromatic carbocycles. The summed E-state index contributed by atoms with van der Waals surface area (Å²) in [7, 11) is 0. The van der Waals surface area contributed by atoms with E-state index in [9.17, 15) is 27.6 Å². The smallest absolute Gasteiger partial charge is 0.417 e. The zero-order valence-corrected chi connectivity index (χ0v) is 22.2. The van der Waals surface area contributed by atoms with Crippen molar-refractivity contribution in [1.82, 2.24) is 15.6 Å². The van der Waals surface area contributed by atoms with Crippen LogP contribution in [0.5, 0.6) is 0 Å². The van der Waals surface area contributed by atoms with E-state index in [-0.39, 0.29) is 47.0 Å². The fourth-order valence-electron chi connectivity index (χ4n) is 5.31. The number of ether oxygens (including phenoxy) is 1. The van der Waals surface area contributed by atoms with Gasteiger partial charge in [0.15, 0.2) is 0 Å². The number of carbonyl (C=O) groups is 2. The Morgan fingerprint density at radius 3 is 2.49 bits per heavy atom. The molecule has 0 saturated carbocycles. The zero-order valence-electron chi connectivity index (χ0n) is 21.4. The highest BCUT2D eigenvalue weighted by Gasteiger charge is 2.44. The highest BCUT2D eigenvalue weighted by molar-refractivity contribution is 5.90. The van der Waals surface area contributed by atoms with E-state index in [1.807, 2.05) is 0 Å². The lowest BCUT2D eigenvalue weighted by Crippen LogP contribution is -2.49. The minimum absolute atomic E-state index is 0. The first kappa shape index (κ1) is 28.6. The molecule has 0 spiro atoms. The first-order chi connectivity index (χ1) is 17.9. The highest BCUT2D eigenvalue weighted by atomic mass is 35.5. The third-order valence-corrected chi connectivity index (χ3v) is 7.45. The molecule has 1 amide bonds. The van der Waals surface area contributed by atoms with Gasteiger partial charge in [-0.2, -0.15) is 13.2 Å². The topological polar surface area (TPSA) is 100 Å². The molecule has 2 aliphatic rings. The molecule has 1 aromatic heterocycles. The second kappa shape index (κ2) is 10.7. The first-order valence-corrected chi connectivity index (χ1v) is 12.5. The normalized spacial score (nSPS) is 21.5. The van der Waals surface area contributed by atoms with Crippen molar-refractivity contribution in [1.29, 1.82) is 0 Å². The second-order valence-corrected chi connectivity index (χ2v) is 10.4. The summed E-state index contributed by atoms with van der Waals surface area (Å²) in [4.78, 5) is 41.0. The minimum atomic E-state index is -4.58. The Morgan fingerprint density at radius 1 is 1.05 bits per heavy atom. The molecule has 3 atom stereocenters. The number of aromatic nitrogens is 1. The largest absolute Gasteiger partial charge is 0.456 e. The van der Waals surface area contributed by atoms with Gasteiger partial charge in [0.1, 0.15) is 11.6 Å². The van der Waals surface area contributed by atoms with Gasteiger partial charge in [-0.1, -0.05) is 30.3 Å². The summed E-state index contributed by atoms with van der Waals surface area (Å²) < 4.78 is 46.3. The lowest BCUT2D eigenvalue weighted by Gasteiger charge is -2.32. The Hall–Kier alpha value is -3.37. The minimum Gasteiger partial charge on any atom is -0.456 e. The maximum Gasteiger partial charge on any atom is 0.417 e. The highest BCUT2D eigenvalue weighted by Crippen LogP contribution is 2.37. The molecule has 7 nitrogen and oxygen atoms in total. The van der Waals surface area contributed by atoms with E-state index in [0.717, 1.165) is 19.0 Å². The van der Waals surface area contributed by atoms with Gasteiger partial charge in [0.25, 0.3) is 5.56 Å². The number of nitrogens with one attached hydrogen (secondary N) is 3. The van der Waals surface area contributed by atoms with Crippen LogP contribution in [-0.2, 0) is 20.5 Å². The van der Waals surface area contributed by atoms with E-state index in [1.165, 1.54) is 24.3 Å². The van der Waals surface area contributed by atoms with Crippen LogP contribution in [0.25, 0.3) is 22.0 Å². The third kappa shape index (κ3) is 5.67. The number of halogens is 4. The van der Waals surface area contributed by atoms with Crippen LogP contribution in [0.3, 0.4) is 0 Å². The van der Waals surface area contributed by atoms with Gasteiger partial charge in [0, 0.05) is 16.6 Å². The fraction of sp³-hybridized carbons (Fsp3) is 0.393. The molecule has 39 heavy (non-hydrogen) atoms. The van der Waals surface area contributed by atoms with E-state index in [4.69, 9.17) is 4.74 Å². The number of hydrogen-bond acceptors (Lipinski definition) is 5. The molecule has 208 valence electrons. The molecule has 5 rings (SSSR count). The van der Waals surface area contributed by atoms with E-state index in [2.05, 4.69) is 15.6 Å². The number of carbonyl (C=O) groups excluding carboxylic acids is 2. The Labute approximate surface area is 228 Å². The Bertz CT molecular complexity index is 1460. The van der Waals surface area contributed by atoms with Gasteiger partial charge in [-0.05, 0) is 68.8 Å². The number of H-pyrrole nitrogens is 1. The molecule has 3 N–H and O–H groups in total.